The van der Waals surface area contributed by atoms with Crippen molar-refractivity contribution in [3.63, 3.8) is 0 Å². The van der Waals surface area contributed by atoms with Gasteiger partial charge in [-0.25, -0.2) is 4.68 Å². The molecule has 38 heavy (non-hydrogen) atoms. The molecule has 0 bridgehead atoms. The van der Waals surface area contributed by atoms with E-state index in [1.807, 2.05) is 55.5 Å². The number of anilines is 1. The first-order valence-electron chi connectivity index (χ1n) is 12.8. The normalized spacial score (nSPS) is 11.9. The second kappa shape index (κ2) is 11.8. The van der Waals surface area contributed by atoms with Gasteiger partial charge in [0.15, 0.2) is 5.78 Å². The van der Waals surface area contributed by atoms with Gasteiger partial charge in [0.05, 0.1) is 5.52 Å². The summed E-state index contributed by atoms with van der Waals surface area (Å²) >= 11 is 0. The summed E-state index contributed by atoms with van der Waals surface area (Å²) in [6, 6.07) is 20.8. The Morgan fingerprint density at radius 2 is 1.71 bits per heavy atom. The van der Waals surface area contributed by atoms with E-state index in [2.05, 4.69) is 29.5 Å². The van der Waals surface area contributed by atoms with Gasteiger partial charge in [0.25, 0.3) is 0 Å². The van der Waals surface area contributed by atoms with E-state index in [1.54, 1.807) is 24.3 Å². The van der Waals surface area contributed by atoms with Crippen molar-refractivity contribution in [2.75, 3.05) is 11.4 Å². The zero-order chi connectivity index (χ0) is 27.2. The van der Waals surface area contributed by atoms with Crippen LogP contribution in [0.4, 0.5) is 5.69 Å². The number of carbonyl (C=O) groups excluding carboxylic acids is 3. The lowest BCUT2D eigenvalue weighted by Crippen LogP contribution is -2.45. The van der Waals surface area contributed by atoms with Crippen LogP contribution in [0.5, 0.6) is 0 Å². The monoisotopic (exact) mass is 511 g/mol. The first-order valence-corrected chi connectivity index (χ1v) is 12.8. The van der Waals surface area contributed by atoms with Crippen LogP contribution in [0, 0.1) is 12.8 Å². The topological polar surface area (TPSA) is 97.2 Å². The summed E-state index contributed by atoms with van der Waals surface area (Å²) in [4.78, 5) is 41.5. The highest BCUT2D eigenvalue weighted by Gasteiger charge is 2.33. The molecule has 4 rings (SSSR count). The average molecular weight is 512 g/mol. The molecule has 0 saturated carbocycles. The number of aryl methyl sites for hydroxylation is 1. The maximum Gasteiger partial charge on any atom is 0.249 e. The lowest BCUT2D eigenvalue weighted by atomic mass is 10.0. The fraction of sp³-hybridized carbons (Fsp3) is 0.300. The van der Waals surface area contributed by atoms with Gasteiger partial charge in [0.1, 0.15) is 18.1 Å². The molecule has 0 saturated heterocycles. The van der Waals surface area contributed by atoms with E-state index in [4.69, 9.17) is 0 Å². The van der Waals surface area contributed by atoms with Gasteiger partial charge in [-0.15, -0.1) is 5.10 Å². The summed E-state index contributed by atoms with van der Waals surface area (Å²) in [5, 5.41) is 11.4. The molecule has 8 heteroatoms. The number of benzene rings is 3. The van der Waals surface area contributed by atoms with E-state index >= 15 is 0 Å². The standard InChI is InChI=1S/C30H33N5O3/c1-20(2)16-17-31-30(38)29(23-14-12-21(3)13-15-23)35(25-9-7-8-24(18-25)22(4)36)28(37)19-34-27-11-6-5-10-26(27)32-33-34/h5-15,18,20,29H,16-17,19H2,1-4H3,(H,31,38)/t29-/m0/s1. The van der Waals surface area contributed by atoms with Crippen LogP contribution in [0.2, 0.25) is 0 Å². The van der Waals surface area contributed by atoms with E-state index in [0.717, 1.165) is 12.0 Å². The number of carbonyl (C=O) groups is 3. The molecule has 1 aromatic heterocycles. The molecule has 1 atom stereocenters. The molecule has 1 heterocycles. The number of ketones is 1. The fourth-order valence-corrected chi connectivity index (χ4v) is 4.30. The summed E-state index contributed by atoms with van der Waals surface area (Å²) in [6.07, 6.45) is 0.811. The third kappa shape index (κ3) is 6.14. The molecule has 0 aliphatic carbocycles. The number of rotatable bonds is 10. The minimum Gasteiger partial charge on any atom is -0.354 e. The van der Waals surface area contributed by atoms with Gasteiger partial charge >= 0.3 is 0 Å². The van der Waals surface area contributed by atoms with Crippen molar-refractivity contribution in [2.45, 2.75) is 46.7 Å². The minimum atomic E-state index is -0.952. The van der Waals surface area contributed by atoms with Gasteiger partial charge in [-0.2, -0.15) is 0 Å². The van der Waals surface area contributed by atoms with Gasteiger partial charge in [-0.05, 0) is 56.0 Å². The summed E-state index contributed by atoms with van der Waals surface area (Å²) in [7, 11) is 0. The molecule has 0 aliphatic heterocycles. The number of amides is 2. The Balaban J connectivity index is 1.80. The van der Waals surface area contributed by atoms with E-state index in [1.165, 1.54) is 16.5 Å². The maximum atomic E-state index is 14.1. The number of para-hydroxylation sites is 1. The average Bonchev–Trinajstić information content (AvgIpc) is 3.30. The van der Waals surface area contributed by atoms with Crippen molar-refractivity contribution >= 4 is 34.3 Å². The molecule has 4 aromatic rings. The summed E-state index contributed by atoms with van der Waals surface area (Å²) < 4.78 is 1.53. The number of hydrogen-bond acceptors (Lipinski definition) is 5. The highest BCUT2D eigenvalue weighted by molar-refractivity contribution is 6.03. The second-order valence-corrected chi connectivity index (χ2v) is 9.89. The number of nitrogens with zero attached hydrogens (tertiary/aromatic N) is 4. The molecular formula is C30H33N5O3. The second-order valence-electron chi connectivity index (χ2n) is 9.89. The largest absolute Gasteiger partial charge is 0.354 e. The number of aromatic nitrogens is 3. The zero-order valence-corrected chi connectivity index (χ0v) is 22.2. The van der Waals surface area contributed by atoms with Gasteiger partial charge in [-0.3, -0.25) is 19.3 Å². The van der Waals surface area contributed by atoms with E-state index in [0.29, 0.717) is 40.3 Å². The van der Waals surface area contributed by atoms with Gasteiger partial charge < -0.3 is 5.32 Å². The SMILES string of the molecule is CC(=O)c1cccc(N(C(=O)Cn2nnc3ccccc32)[C@H](C(=O)NCCC(C)C)c2ccc(C)cc2)c1. The molecule has 0 spiro atoms. The van der Waals surface area contributed by atoms with E-state index in [-0.39, 0.29) is 24.1 Å². The smallest absolute Gasteiger partial charge is 0.249 e. The molecule has 0 aliphatic rings. The highest BCUT2D eigenvalue weighted by atomic mass is 16.2. The van der Waals surface area contributed by atoms with Crippen molar-refractivity contribution in [3.05, 3.63) is 89.5 Å². The number of hydrogen-bond donors (Lipinski definition) is 1. The quantitative estimate of drug-likeness (QED) is 0.306. The Labute approximate surface area is 222 Å². The van der Waals surface area contributed by atoms with Crippen LogP contribution in [-0.2, 0) is 16.1 Å². The Kier molecular flexibility index (Phi) is 8.31. The van der Waals surface area contributed by atoms with Crippen molar-refractivity contribution < 1.29 is 14.4 Å². The van der Waals surface area contributed by atoms with E-state index < -0.39 is 6.04 Å². The van der Waals surface area contributed by atoms with Crippen LogP contribution >= 0.6 is 0 Å². The molecule has 196 valence electrons. The lowest BCUT2D eigenvalue weighted by Gasteiger charge is -2.32. The molecule has 3 aromatic carbocycles. The van der Waals surface area contributed by atoms with Crippen molar-refractivity contribution in [2.24, 2.45) is 5.92 Å². The molecular weight excluding hydrogens is 478 g/mol. The maximum absolute atomic E-state index is 14.1. The molecule has 0 fully saturated rings. The third-order valence-corrected chi connectivity index (χ3v) is 6.43. The van der Waals surface area contributed by atoms with Gasteiger partial charge in [0, 0.05) is 17.8 Å². The van der Waals surface area contributed by atoms with Crippen LogP contribution in [-0.4, -0.2) is 39.1 Å². The minimum absolute atomic E-state index is 0.130. The van der Waals surface area contributed by atoms with Crippen LogP contribution in [0.3, 0.4) is 0 Å². The van der Waals surface area contributed by atoms with Crippen LogP contribution in [0.25, 0.3) is 11.0 Å². The summed E-state index contributed by atoms with van der Waals surface area (Å²) in [5.74, 6) is -0.362. The van der Waals surface area contributed by atoms with Crippen molar-refractivity contribution in [1.29, 1.82) is 0 Å². The third-order valence-electron chi connectivity index (χ3n) is 6.43. The van der Waals surface area contributed by atoms with Crippen molar-refractivity contribution in [1.82, 2.24) is 20.3 Å². The number of fused-ring (bicyclic) bond motifs is 1. The Hall–Kier alpha value is -4.33. The Bertz CT molecular complexity index is 1440. The Morgan fingerprint density at radius 1 is 0.974 bits per heavy atom. The predicted octanol–water partition coefficient (Wildman–Crippen LogP) is 4.88. The summed E-state index contributed by atoms with van der Waals surface area (Å²) in [6.45, 7) is 7.98. The van der Waals surface area contributed by atoms with Gasteiger partial charge in [-0.1, -0.05) is 73.2 Å². The van der Waals surface area contributed by atoms with E-state index in [9.17, 15) is 14.4 Å². The summed E-state index contributed by atoms with van der Waals surface area (Å²) in [5.41, 5.74) is 4.01. The van der Waals surface area contributed by atoms with Crippen LogP contribution < -0.4 is 10.2 Å². The zero-order valence-electron chi connectivity index (χ0n) is 22.2. The van der Waals surface area contributed by atoms with Crippen LogP contribution in [0.15, 0.2) is 72.8 Å². The number of Topliss-reactive ketones (excluding diaryl/α,β-unsaturated/α-hetero) is 1. The van der Waals surface area contributed by atoms with Crippen molar-refractivity contribution in [3.8, 4) is 0 Å². The molecule has 1 N–H and O–H groups in total. The fourth-order valence-electron chi connectivity index (χ4n) is 4.30. The van der Waals surface area contributed by atoms with Gasteiger partial charge in [0.2, 0.25) is 11.8 Å². The lowest BCUT2D eigenvalue weighted by molar-refractivity contribution is -0.127. The molecule has 0 radical (unpaired) electrons. The molecule has 8 nitrogen and oxygen atoms in total. The highest BCUT2D eigenvalue weighted by Crippen LogP contribution is 2.30. The first kappa shape index (κ1) is 26.7. The van der Waals surface area contributed by atoms with Crippen LogP contribution in [0.1, 0.15) is 54.7 Å². The first-order chi connectivity index (χ1) is 18.2. The Morgan fingerprint density at radius 3 is 2.42 bits per heavy atom. The molecule has 0 unspecified atom stereocenters. The molecule has 2 amide bonds. The number of nitrogens with one attached hydrogen (secondary N) is 1. The predicted molar refractivity (Wildman–Crippen MR) is 148 cm³/mol.